The van der Waals surface area contributed by atoms with Gasteiger partial charge in [0.25, 0.3) is 0 Å². The molecule has 0 saturated carbocycles. The topological polar surface area (TPSA) is 30.9 Å². The van der Waals surface area contributed by atoms with E-state index >= 15 is 0 Å². The summed E-state index contributed by atoms with van der Waals surface area (Å²) in [6.45, 7) is 5.23. The molecule has 0 aliphatic carbocycles. The number of nitrogens with two attached hydrogens (primary N) is 1. The third kappa shape index (κ3) is 1.98. The highest BCUT2D eigenvalue weighted by atomic mass is 15.0. The number of aryl methyl sites for hydroxylation is 1. The van der Waals surface area contributed by atoms with E-state index in [4.69, 9.17) is 5.73 Å². The number of nitrogens with zero attached hydrogens (tertiary/aromatic N) is 1. The molecule has 0 aliphatic heterocycles. The summed E-state index contributed by atoms with van der Waals surface area (Å²) in [5.74, 6) is 0. The van der Waals surface area contributed by atoms with Gasteiger partial charge in [-0.1, -0.05) is 18.2 Å². The van der Waals surface area contributed by atoms with Gasteiger partial charge in [-0.2, -0.15) is 0 Å². The third-order valence-electron chi connectivity index (χ3n) is 2.98. The zero-order valence-corrected chi connectivity index (χ0v) is 10.1. The number of rotatable bonds is 4. The number of para-hydroxylation sites is 1. The van der Waals surface area contributed by atoms with Crippen molar-refractivity contribution in [2.75, 3.05) is 6.54 Å². The van der Waals surface area contributed by atoms with Gasteiger partial charge in [0.1, 0.15) is 0 Å². The van der Waals surface area contributed by atoms with Crippen molar-refractivity contribution in [1.82, 2.24) is 4.57 Å². The Morgan fingerprint density at radius 3 is 2.69 bits per heavy atom. The zero-order chi connectivity index (χ0) is 11.5. The molecule has 0 unspecified atom stereocenters. The van der Waals surface area contributed by atoms with Crippen LogP contribution >= 0.6 is 0 Å². The highest BCUT2D eigenvalue weighted by molar-refractivity contribution is 5.81. The lowest BCUT2D eigenvalue weighted by atomic mass is 10.2. The fourth-order valence-corrected chi connectivity index (χ4v) is 2.32. The lowest BCUT2D eigenvalue weighted by Gasteiger charge is -2.14. The predicted octanol–water partition coefficient (Wildman–Crippen LogP) is 3.11. The van der Waals surface area contributed by atoms with Crippen LogP contribution in [0.15, 0.2) is 30.3 Å². The second kappa shape index (κ2) is 4.71. The largest absolute Gasteiger partial charge is 0.342 e. The highest BCUT2D eigenvalue weighted by Gasteiger charge is 2.10. The number of hydrogen-bond donors (Lipinski definition) is 1. The molecule has 0 fully saturated rings. The fourth-order valence-electron chi connectivity index (χ4n) is 2.32. The number of aromatic nitrogens is 1. The smallest absolute Gasteiger partial charge is 0.0484 e. The van der Waals surface area contributed by atoms with Crippen molar-refractivity contribution < 1.29 is 0 Å². The van der Waals surface area contributed by atoms with Crippen LogP contribution in [0.25, 0.3) is 10.9 Å². The van der Waals surface area contributed by atoms with Crippen LogP contribution in [-0.4, -0.2) is 11.1 Å². The Balaban J connectivity index is 2.50. The van der Waals surface area contributed by atoms with E-state index in [2.05, 4.69) is 48.7 Å². The Morgan fingerprint density at radius 2 is 2.00 bits per heavy atom. The van der Waals surface area contributed by atoms with Gasteiger partial charge >= 0.3 is 0 Å². The normalized spacial score (nSPS) is 11.5. The molecule has 2 rings (SSSR count). The molecule has 2 heteroatoms. The van der Waals surface area contributed by atoms with Gasteiger partial charge in [-0.3, -0.25) is 0 Å². The molecular weight excluding hydrogens is 196 g/mol. The van der Waals surface area contributed by atoms with Crippen molar-refractivity contribution in [2.45, 2.75) is 32.7 Å². The van der Waals surface area contributed by atoms with Crippen molar-refractivity contribution in [1.29, 1.82) is 0 Å². The first-order valence-electron chi connectivity index (χ1n) is 6.03. The summed E-state index contributed by atoms with van der Waals surface area (Å²) >= 11 is 0. The van der Waals surface area contributed by atoms with Gasteiger partial charge in [0, 0.05) is 17.3 Å². The van der Waals surface area contributed by atoms with Crippen LogP contribution in [0.1, 0.15) is 32.0 Å². The maximum Gasteiger partial charge on any atom is 0.0484 e. The van der Waals surface area contributed by atoms with E-state index in [1.165, 1.54) is 16.6 Å². The summed E-state index contributed by atoms with van der Waals surface area (Å²) < 4.78 is 2.42. The monoisotopic (exact) mass is 216 g/mol. The van der Waals surface area contributed by atoms with E-state index in [0.717, 1.165) is 19.4 Å². The van der Waals surface area contributed by atoms with Crippen LogP contribution in [-0.2, 0) is 6.42 Å². The molecular formula is C14H20N2. The molecule has 1 aromatic carbocycles. The molecule has 2 nitrogen and oxygen atoms in total. The first kappa shape index (κ1) is 11.2. The molecule has 86 valence electrons. The molecule has 16 heavy (non-hydrogen) atoms. The predicted molar refractivity (Wildman–Crippen MR) is 69.7 cm³/mol. The first-order valence-corrected chi connectivity index (χ1v) is 6.03. The van der Waals surface area contributed by atoms with E-state index < -0.39 is 0 Å². The van der Waals surface area contributed by atoms with E-state index in [0.29, 0.717) is 6.04 Å². The average molecular weight is 216 g/mol. The molecule has 2 aromatic rings. The summed E-state index contributed by atoms with van der Waals surface area (Å²) in [5.41, 5.74) is 8.33. The number of hydrogen-bond acceptors (Lipinski definition) is 1. The molecule has 1 aromatic heterocycles. The minimum atomic E-state index is 0.507. The molecule has 0 saturated heterocycles. The lowest BCUT2D eigenvalue weighted by molar-refractivity contribution is 0.587. The molecule has 1 heterocycles. The van der Waals surface area contributed by atoms with Crippen LogP contribution in [0.4, 0.5) is 0 Å². The minimum Gasteiger partial charge on any atom is -0.342 e. The van der Waals surface area contributed by atoms with E-state index in [1.807, 2.05) is 0 Å². The van der Waals surface area contributed by atoms with Crippen LogP contribution in [0.3, 0.4) is 0 Å². The number of benzene rings is 1. The maximum atomic E-state index is 5.59. The van der Waals surface area contributed by atoms with Crippen molar-refractivity contribution in [3.63, 3.8) is 0 Å². The molecule has 0 amide bonds. The van der Waals surface area contributed by atoms with Crippen LogP contribution in [0.2, 0.25) is 0 Å². The van der Waals surface area contributed by atoms with Crippen molar-refractivity contribution in [3.8, 4) is 0 Å². The Labute approximate surface area is 97.1 Å². The first-order chi connectivity index (χ1) is 7.74. The Hall–Kier alpha value is -1.28. The van der Waals surface area contributed by atoms with Gasteiger partial charge in [0.15, 0.2) is 0 Å². The highest BCUT2D eigenvalue weighted by Crippen LogP contribution is 2.24. The lowest BCUT2D eigenvalue weighted by Crippen LogP contribution is -2.07. The summed E-state index contributed by atoms with van der Waals surface area (Å²) in [6.07, 6.45) is 2.13. The maximum absolute atomic E-state index is 5.59. The zero-order valence-electron chi connectivity index (χ0n) is 10.1. The van der Waals surface area contributed by atoms with Gasteiger partial charge < -0.3 is 10.3 Å². The van der Waals surface area contributed by atoms with E-state index in [-0.39, 0.29) is 0 Å². The Bertz CT molecular complexity index is 469. The quantitative estimate of drug-likeness (QED) is 0.836. The van der Waals surface area contributed by atoms with Gasteiger partial charge in [-0.15, -0.1) is 0 Å². The molecule has 0 atom stereocenters. The van der Waals surface area contributed by atoms with Crippen molar-refractivity contribution >= 4 is 10.9 Å². The SMILES string of the molecule is CC(C)n1c(CCCN)cc2ccccc21. The van der Waals surface area contributed by atoms with E-state index in [1.54, 1.807) is 0 Å². The Kier molecular flexibility index (Phi) is 3.30. The van der Waals surface area contributed by atoms with E-state index in [9.17, 15) is 0 Å². The molecule has 0 spiro atoms. The fraction of sp³-hybridized carbons (Fsp3) is 0.429. The van der Waals surface area contributed by atoms with Crippen molar-refractivity contribution in [2.24, 2.45) is 5.73 Å². The number of fused-ring (bicyclic) bond motifs is 1. The van der Waals surface area contributed by atoms with Gasteiger partial charge in [0.2, 0.25) is 0 Å². The molecule has 2 N–H and O–H groups in total. The third-order valence-corrected chi connectivity index (χ3v) is 2.98. The van der Waals surface area contributed by atoms with Gasteiger partial charge in [-0.25, -0.2) is 0 Å². The standard InChI is InChI=1S/C14H20N2/c1-11(2)16-13(7-5-9-15)10-12-6-3-4-8-14(12)16/h3-4,6,8,10-11H,5,7,9,15H2,1-2H3. The summed E-state index contributed by atoms with van der Waals surface area (Å²) in [4.78, 5) is 0. The van der Waals surface area contributed by atoms with Crippen LogP contribution in [0.5, 0.6) is 0 Å². The summed E-state index contributed by atoms with van der Waals surface area (Å²) in [5, 5.41) is 1.34. The summed E-state index contributed by atoms with van der Waals surface area (Å²) in [6, 6.07) is 11.4. The second-order valence-corrected chi connectivity index (χ2v) is 4.55. The van der Waals surface area contributed by atoms with Crippen molar-refractivity contribution in [3.05, 3.63) is 36.0 Å². The van der Waals surface area contributed by atoms with Gasteiger partial charge in [-0.05, 0) is 50.8 Å². The van der Waals surface area contributed by atoms with Crippen LogP contribution in [0, 0.1) is 0 Å². The average Bonchev–Trinajstić information content (AvgIpc) is 2.64. The summed E-state index contributed by atoms with van der Waals surface area (Å²) in [7, 11) is 0. The second-order valence-electron chi connectivity index (χ2n) is 4.55. The molecule has 0 aliphatic rings. The minimum absolute atomic E-state index is 0.507. The van der Waals surface area contributed by atoms with Crippen LogP contribution < -0.4 is 5.73 Å². The molecule has 0 radical (unpaired) electrons. The van der Waals surface area contributed by atoms with Gasteiger partial charge in [0.05, 0.1) is 0 Å². The molecule has 0 bridgehead atoms. The Morgan fingerprint density at radius 1 is 1.25 bits per heavy atom.